The molecule has 144 valence electrons. The van der Waals surface area contributed by atoms with E-state index >= 15 is 0 Å². The molecule has 0 aliphatic heterocycles. The van der Waals surface area contributed by atoms with Crippen molar-refractivity contribution in [1.29, 1.82) is 0 Å². The summed E-state index contributed by atoms with van der Waals surface area (Å²) in [5.41, 5.74) is 0.129. The topological polar surface area (TPSA) is 58.4 Å². The Kier molecular flexibility index (Phi) is 9.93. The standard InChI is InChI=1S/C19H28N4OS.HI/c1-19(2,16-9-8-14-25-16)15-22-18(20-3)21-11-5-7-13-23-12-6-4-10-17(23)24;/h4,6,8-10,12,14H,5,7,11,13,15H2,1-3H3,(H2,20,21,22);1H. The van der Waals surface area contributed by atoms with E-state index in [1.165, 1.54) is 4.88 Å². The van der Waals surface area contributed by atoms with Gasteiger partial charge in [0, 0.05) is 49.2 Å². The van der Waals surface area contributed by atoms with Crippen molar-refractivity contribution in [1.82, 2.24) is 15.2 Å². The Hall–Kier alpha value is -1.35. The maximum atomic E-state index is 11.6. The van der Waals surface area contributed by atoms with E-state index in [2.05, 4.69) is 47.0 Å². The van der Waals surface area contributed by atoms with Gasteiger partial charge in [-0.05, 0) is 30.4 Å². The fourth-order valence-electron chi connectivity index (χ4n) is 2.54. The summed E-state index contributed by atoms with van der Waals surface area (Å²) in [6, 6.07) is 9.52. The highest BCUT2D eigenvalue weighted by Gasteiger charge is 2.21. The Labute approximate surface area is 177 Å². The first-order chi connectivity index (χ1) is 12.0. The first-order valence-electron chi connectivity index (χ1n) is 8.67. The minimum atomic E-state index is 0. The van der Waals surface area contributed by atoms with Gasteiger partial charge in [-0.3, -0.25) is 9.79 Å². The number of rotatable bonds is 8. The van der Waals surface area contributed by atoms with E-state index in [-0.39, 0.29) is 35.0 Å². The number of hydrogen-bond donors (Lipinski definition) is 2. The summed E-state index contributed by atoms with van der Waals surface area (Å²) in [7, 11) is 1.79. The lowest BCUT2D eigenvalue weighted by Gasteiger charge is -2.25. The van der Waals surface area contributed by atoms with E-state index in [9.17, 15) is 4.79 Å². The molecular formula is C19H29IN4OS. The SMILES string of the molecule is CN=C(NCCCCn1ccccc1=O)NCC(C)(C)c1cccs1.I. The molecule has 2 rings (SSSR count). The highest BCUT2D eigenvalue weighted by atomic mass is 127. The van der Waals surface area contributed by atoms with Gasteiger partial charge in [0.05, 0.1) is 0 Å². The molecule has 2 aromatic rings. The van der Waals surface area contributed by atoms with Crippen molar-refractivity contribution in [3.63, 3.8) is 0 Å². The summed E-state index contributed by atoms with van der Waals surface area (Å²) in [4.78, 5) is 17.3. The third-order valence-corrected chi connectivity index (χ3v) is 5.36. The van der Waals surface area contributed by atoms with Crippen molar-refractivity contribution in [2.75, 3.05) is 20.1 Å². The van der Waals surface area contributed by atoms with E-state index in [1.807, 2.05) is 12.3 Å². The third-order valence-electron chi connectivity index (χ3n) is 4.13. The Morgan fingerprint density at radius 2 is 2.00 bits per heavy atom. The van der Waals surface area contributed by atoms with E-state index in [1.54, 1.807) is 35.1 Å². The zero-order valence-electron chi connectivity index (χ0n) is 15.7. The smallest absolute Gasteiger partial charge is 0.250 e. The highest BCUT2D eigenvalue weighted by molar-refractivity contribution is 14.0. The van der Waals surface area contributed by atoms with Gasteiger partial charge >= 0.3 is 0 Å². The number of hydrogen-bond acceptors (Lipinski definition) is 3. The summed E-state index contributed by atoms with van der Waals surface area (Å²) >= 11 is 1.78. The predicted octanol–water partition coefficient (Wildman–Crippen LogP) is 3.45. The van der Waals surface area contributed by atoms with Crippen molar-refractivity contribution in [3.05, 3.63) is 57.1 Å². The fourth-order valence-corrected chi connectivity index (χ4v) is 3.39. The van der Waals surface area contributed by atoms with Crippen LogP contribution in [-0.2, 0) is 12.0 Å². The lowest BCUT2D eigenvalue weighted by molar-refractivity contribution is 0.516. The van der Waals surface area contributed by atoms with Crippen molar-refractivity contribution in [3.8, 4) is 0 Å². The first-order valence-corrected chi connectivity index (χ1v) is 9.55. The average Bonchev–Trinajstić information content (AvgIpc) is 3.14. The Morgan fingerprint density at radius 1 is 1.19 bits per heavy atom. The lowest BCUT2D eigenvalue weighted by Crippen LogP contribution is -2.43. The van der Waals surface area contributed by atoms with Crippen LogP contribution in [0.15, 0.2) is 51.7 Å². The van der Waals surface area contributed by atoms with Crippen LogP contribution in [0, 0.1) is 0 Å². The van der Waals surface area contributed by atoms with Crippen molar-refractivity contribution in [2.45, 2.75) is 38.6 Å². The zero-order chi connectivity index (χ0) is 18.1. The number of nitrogens with one attached hydrogen (secondary N) is 2. The maximum Gasteiger partial charge on any atom is 0.250 e. The number of nitrogens with zero attached hydrogens (tertiary/aromatic N) is 2. The Morgan fingerprint density at radius 3 is 2.65 bits per heavy atom. The summed E-state index contributed by atoms with van der Waals surface area (Å²) < 4.78 is 1.75. The van der Waals surface area contributed by atoms with Crippen LogP contribution >= 0.6 is 35.3 Å². The van der Waals surface area contributed by atoms with Crippen LogP contribution in [0.2, 0.25) is 0 Å². The second-order valence-corrected chi connectivity index (χ2v) is 7.60. The average molecular weight is 488 g/mol. The molecule has 0 radical (unpaired) electrons. The minimum Gasteiger partial charge on any atom is -0.356 e. The monoisotopic (exact) mass is 488 g/mol. The molecule has 2 aromatic heterocycles. The quantitative estimate of drug-likeness (QED) is 0.259. The second-order valence-electron chi connectivity index (χ2n) is 6.65. The Balaban J connectivity index is 0.00000338. The highest BCUT2D eigenvalue weighted by Crippen LogP contribution is 2.26. The van der Waals surface area contributed by atoms with E-state index in [0.29, 0.717) is 0 Å². The predicted molar refractivity (Wildman–Crippen MR) is 122 cm³/mol. The normalized spacial score (nSPS) is 11.7. The van der Waals surface area contributed by atoms with Gasteiger partial charge in [0.25, 0.3) is 0 Å². The summed E-state index contributed by atoms with van der Waals surface area (Å²) in [5, 5.41) is 8.86. The fraction of sp³-hybridized carbons (Fsp3) is 0.474. The van der Waals surface area contributed by atoms with Crippen LogP contribution in [-0.4, -0.2) is 30.7 Å². The number of aryl methyl sites for hydroxylation is 1. The van der Waals surface area contributed by atoms with Gasteiger partial charge < -0.3 is 15.2 Å². The summed E-state index contributed by atoms with van der Waals surface area (Å²) in [5.74, 6) is 0.821. The van der Waals surface area contributed by atoms with Crippen LogP contribution in [0.25, 0.3) is 0 Å². The molecule has 0 bridgehead atoms. The van der Waals surface area contributed by atoms with Gasteiger partial charge in [0.15, 0.2) is 5.96 Å². The first kappa shape index (κ1) is 22.7. The lowest BCUT2D eigenvalue weighted by atomic mass is 9.91. The number of unbranched alkanes of at least 4 members (excludes halogenated alkanes) is 1. The molecule has 26 heavy (non-hydrogen) atoms. The van der Waals surface area contributed by atoms with E-state index in [4.69, 9.17) is 0 Å². The molecule has 0 fully saturated rings. The number of thiophene rings is 1. The molecule has 0 atom stereocenters. The summed E-state index contributed by atoms with van der Waals surface area (Å²) in [6.07, 6.45) is 3.77. The van der Waals surface area contributed by atoms with Gasteiger partial charge in [-0.2, -0.15) is 0 Å². The number of guanidine groups is 1. The van der Waals surface area contributed by atoms with Gasteiger partial charge in [-0.1, -0.05) is 26.0 Å². The van der Waals surface area contributed by atoms with Crippen molar-refractivity contribution in [2.24, 2.45) is 4.99 Å². The van der Waals surface area contributed by atoms with Crippen molar-refractivity contribution < 1.29 is 0 Å². The summed E-state index contributed by atoms with van der Waals surface area (Å²) in [6.45, 7) is 6.87. The van der Waals surface area contributed by atoms with Gasteiger partial charge in [-0.15, -0.1) is 35.3 Å². The molecule has 2 N–H and O–H groups in total. The maximum absolute atomic E-state index is 11.6. The number of pyridine rings is 1. The Bertz CT molecular complexity index is 725. The molecule has 2 heterocycles. The van der Waals surface area contributed by atoms with Gasteiger partial charge in [0.1, 0.15) is 0 Å². The molecule has 0 aliphatic carbocycles. The molecule has 0 amide bonds. The number of aliphatic imine (C=N–C) groups is 1. The van der Waals surface area contributed by atoms with E-state index in [0.717, 1.165) is 38.4 Å². The van der Waals surface area contributed by atoms with Gasteiger partial charge in [-0.25, -0.2) is 0 Å². The molecule has 7 heteroatoms. The second kappa shape index (κ2) is 11.4. The molecule has 0 spiro atoms. The molecule has 0 aromatic carbocycles. The van der Waals surface area contributed by atoms with Crippen LogP contribution < -0.4 is 16.2 Å². The molecule has 0 saturated heterocycles. The number of aromatic nitrogens is 1. The third kappa shape index (κ3) is 7.11. The molecular weight excluding hydrogens is 459 g/mol. The van der Waals surface area contributed by atoms with Crippen LogP contribution in [0.4, 0.5) is 0 Å². The van der Waals surface area contributed by atoms with Crippen LogP contribution in [0.5, 0.6) is 0 Å². The number of halogens is 1. The zero-order valence-corrected chi connectivity index (χ0v) is 18.8. The molecule has 0 aliphatic rings. The molecule has 0 unspecified atom stereocenters. The van der Waals surface area contributed by atoms with Crippen LogP contribution in [0.3, 0.4) is 0 Å². The van der Waals surface area contributed by atoms with Gasteiger partial charge in [0.2, 0.25) is 5.56 Å². The van der Waals surface area contributed by atoms with Crippen molar-refractivity contribution >= 4 is 41.3 Å². The molecule has 5 nitrogen and oxygen atoms in total. The minimum absolute atomic E-state index is 0. The molecule has 0 saturated carbocycles. The van der Waals surface area contributed by atoms with E-state index < -0.39 is 0 Å². The van der Waals surface area contributed by atoms with Crippen LogP contribution in [0.1, 0.15) is 31.6 Å². The largest absolute Gasteiger partial charge is 0.356 e.